The third-order valence-corrected chi connectivity index (χ3v) is 6.66. The van der Waals surface area contributed by atoms with Crippen molar-refractivity contribution in [3.63, 3.8) is 0 Å². The van der Waals surface area contributed by atoms with Gasteiger partial charge in [0.15, 0.2) is 6.29 Å². The van der Waals surface area contributed by atoms with E-state index in [9.17, 15) is 40.9 Å². The first kappa shape index (κ1) is 31.0. The monoisotopic (exact) mass is 546 g/mol. The smallest absolute Gasteiger partial charge is 0.187 e. The fraction of sp³-hybridized carbons (Fsp3) is 0.950. The van der Waals surface area contributed by atoms with E-state index in [1.807, 2.05) is 0 Å². The van der Waals surface area contributed by atoms with E-state index in [4.69, 9.17) is 26.4 Å². The van der Waals surface area contributed by atoms with E-state index in [0.29, 0.717) is 26.2 Å². The molecule has 9 atom stereocenters. The molecule has 8 N–H and O–H groups in total. The van der Waals surface area contributed by atoms with Crippen LogP contribution in [-0.4, -0.2) is 169 Å². The molecule has 2 saturated heterocycles. The first-order chi connectivity index (χ1) is 16.6. The number of thiocarbonyl (C=S) groups is 1. The second kappa shape index (κ2) is 15.2. The summed E-state index contributed by atoms with van der Waals surface area (Å²) in [7, 11) is 0. The fourth-order valence-electron chi connectivity index (χ4n) is 3.97. The maximum atomic E-state index is 10.7. The van der Waals surface area contributed by atoms with E-state index in [-0.39, 0.29) is 10.9 Å². The lowest BCUT2D eigenvalue weighted by Crippen LogP contribution is -2.61. The van der Waals surface area contributed by atoms with Crippen LogP contribution in [0.3, 0.4) is 0 Å². The van der Waals surface area contributed by atoms with Crippen molar-refractivity contribution in [2.75, 3.05) is 59.2 Å². The van der Waals surface area contributed by atoms with Gasteiger partial charge in [0.25, 0.3) is 0 Å². The minimum absolute atomic E-state index is 0.167. The highest BCUT2D eigenvalue weighted by Gasteiger charge is 2.46. The number of aliphatic hydroxyl groups is 8. The Labute approximate surface area is 214 Å². The van der Waals surface area contributed by atoms with Crippen molar-refractivity contribution < 1.29 is 55.1 Å². The molecule has 0 unspecified atom stereocenters. The van der Waals surface area contributed by atoms with Crippen LogP contribution in [0.4, 0.5) is 0 Å². The van der Waals surface area contributed by atoms with E-state index in [1.165, 1.54) is 0 Å². The predicted molar refractivity (Wildman–Crippen MR) is 129 cm³/mol. The molecule has 0 radical (unpaired) electrons. The quantitative estimate of drug-likeness (QED) is 0.0791. The van der Waals surface area contributed by atoms with Crippen LogP contribution >= 0.6 is 24.8 Å². The zero-order chi connectivity index (χ0) is 26.1. The topological polar surface area (TPSA) is 196 Å². The molecule has 0 aromatic carbocycles. The maximum Gasteiger partial charge on any atom is 0.187 e. The van der Waals surface area contributed by atoms with Gasteiger partial charge in [-0.1, -0.05) is 12.2 Å². The number of thiol groups is 1. The number of aliphatic hydroxyl groups excluding tert-OH is 8. The summed E-state index contributed by atoms with van der Waals surface area (Å²) >= 11 is 9.33. The third kappa shape index (κ3) is 8.93. The maximum absolute atomic E-state index is 10.7. The van der Waals surface area contributed by atoms with Crippen molar-refractivity contribution in [1.29, 1.82) is 0 Å². The van der Waals surface area contributed by atoms with Crippen molar-refractivity contribution in [3.8, 4) is 0 Å². The van der Waals surface area contributed by atoms with Crippen LogP contribution in [0.5, 0.6) is 0 Å². The number of ether oxygens (including phenoxy) is 3. The normalized spacial score (nSPS) is 31.5. The van der Waals surface area contributed by atoms with Crippen molar-refractivity contribution >= 4 is 29.2 Å². The molecule has 0 aliphatic carbocycles. The standard InChI is InChI=1S/C20H38N2O11S2/c23-9-12(26)18(33-19-17(30)16(29)15(28)13(10-24)32-19)14(27)11(25)8-22(20(34)35)3-1-2-21-4-6-31-7-5-21/h11-19,23-30H,1-10H2,(H,34,35)/t11-,12+,13+,14+,15-,16-,17+,18+,19-/m0/s1. The van der Waals surface area contributed by atoms with Crippen LogP contribution in [0.2, 0.25) is 0 Å². The number of hydrogen-bond donors (Lipinski definition) is 9. The zero-order valence-electron chi connectivity index (χ0n) is 19.3. The molecule has 35 heavy (non-hydrogen) atoms. The summed E-state index contributed by atoms with van der Waals surface area (Å²) in [6, 6.07) is 0. The Bertz CT molecular complexity index is 632. The Kier molecular flexibility index (Phi) is 13.5. The van der Waals surface area contributed by atoms with Crippen LogP contribution in [0.1, 0.15) is 6.42 Å². The van der Waals surface area contributed by atoms with Gasteiger partial charge in [0.1, 0.15) is 53.2 Å². The molecule has 2 fully saturated rings. The second-order valence-electron chi connectivity index (χ2n) is 8.64. The van der Waals surface area contributed by atoms with Crippen LogP contribution in [0, 0.1) is 0 Å². The van der Waals surface area contributed by atoms with Crippen molar-refractivity contribution in [3.05, 3.63) is 0 Å². The summed E-state index contributed by atoms with van der Waals surface area (Å²) in [6.45, 7) is 2.46. The molecule has 2 rings (SSSR count). The third-order valence-electron chi connectivity index (χ3n) is 6.12. The lowest BCUT2D eigenvalue weighted by molar-refractivity contribution is -0.327. The first-order valence-electron chi connectivity index (χ1n) is 11.5. The van der Waals surface area contributed by atoms with E-state index in [0.717, 1.165) is 19.6 Å². The minimum atomic E-state index is -1.80. The molecule has 0 aromatic heterocycles. The summed E-state index contributed by atoms with van der Waals surface area (Å²) < 4.78 is 16.2. The van der Waals surface area contributed by atoms with Crippen molar-refractivity contribution in [2.45, 2.75) is 61.5 Å². The van der Waals surface area contributed by atoms with E-state index in [2.05, 4.69) is 17.5 Å². The van der Waals surface area contributed by atoms with Crippen LogP contribution in [0.15, 0.2) is 0 Å². The molecule has 206 valence electrons. The molecule has 2 aliphatic rings. The molecule has 15 heteroatoms. The van der Waals surface area contributed by atoms with Gasteiger partial charge in [0.2, 0.25) is 0 Å². The molecule has 0 saturated carbocycles. The Balaban J connectivity index is 2.00. The first-order valence-corrected chi connectivity index (χ1v) is 12.3. The Morgan fingerprint density at radius 1 is 1.06 bits per heavy atom. The highest BCUT2D eigenvalue weighted by Crippen LogP contribution is 2.25. The number of rotatable bonds is 13. The average Bonchev–Trinajstić information content (AvgIpc) is 2.85. The predicted octanol–water partition coefficient (Wildman–Crippen LogP) is -4.51. The molecule has 0 bridgehead atoms. The van der Waals surface area contributed by atoms with Gasteiger partial charge in [-0.2, -0.15) is 0 Å². The zero-order valence-corrected chi connectivity index (χ0v) is 21.0. The largest absolute Gasteiger partial charge is 0.394 e. The lowest BCUT2D eigenvalue weighted by Gasteiger charge is -2.42. The van der Waals surface area contributed by atoms with Gasteiger partial charge in [0.05, 0.1) is 26.4 Å². The van der Waals surface area contributed by atoms with Crippen LogP contribution in [-0.2, 0) is 14.2 Å². The van der Waals surface area contributed by atoms with E-state index >= 15 is 0 Å². The van der Waals surface area contributed by atoms with Gasteiger partial charge in [-0.05, 0) is 6.42 Å². The molecule has 0 spiro atoms. The SMILES string of the molecule is OC[C@@H](O)[C@@H](O[C@@H]1O[C@H](CO)[C@H](O)[C@H](O)[C@H]1O)[C@H](O)[C@@H](O)CN(CCCN1CCOCC1)C(=S)S. The average molecular weight is 547 g/mol. The minimum Gasteiger partial charge on any atom is -0.394 e. The Morgan fingerprint density at radius 2 is 1.71 bits per heavy atom. The number of nitrogens with zero attached hydrogens (tertiary/aromatic N) is 2. The van der Waals surface area contributed by atoms with Gasteiger partial charge < -0.3 is 60.0 Å². The van der Waals surface area contributed by atoms with Gasteiger partial charge in [-0.15, -0.1) is 12.6 Å². The Hall–Kier alpha value is -0.240. The number of hydrogen-bond acceptors (Lipinski definition) is 13. The lowest BCUT2D eigenvalue weighted by atomic mass is 9.98. The van der Waals surface area contributed by atoms with Crippen LogP contribution in [0.25, 0.3) is 0 Å². The summed E-state index contributed by atoms with van der Waals surface area (Å²) in [5.74, 6) is 0. The summed E-state index contributed by atoms with van der Waals surface area (Å²) in [6.07, 6.45) is -14.1. The van der Waals surface area contributed by atoms with E-state index in [1.54, 1.807) is 4.90 Å². The summed E-state index contributed by atoms with van der Waals surface area (Å²) in [4.78, 5) is 3.81. The van der Waals surface area contributed by atoms with Gasteiger partial charge >= 0.3 is 0 Å². The fourth-order valence-corrected chi connectivity index (χ4v) is 4.31. The molecule has 2 aliphatic heterocycles. The molecular formula is C20H38N2O11S2. The van der Waals surface area contributed by atoms with Crippen molar-refractivity contribution in [1.82, 2.24) is 9.80 Å². The van der Waals surface area contributed by atoms with Gasteiger partial charge in [-0.25, -0.2) is 0 Å². The van der Waals surface area contributed by atoms with Gasteiger partial charge in [-0.3, -0.25) is 4.90 Å². The highest BCUT2D eigenvalue weighted by atomic mass is 32.1. The second-order valence-corrected chi connectivity index (χ2v) is 9.75. The molecule has 2 heterocycles. The molecule has 13 nitrogen and oxygen atoms in total. The summed E-state index contributed by atoms with van der Waals surface area (Å²) in [5, 5.41) is 80.4. The van der Waals surface area contributed by atoms with Crippen molar-refractivity contribution in [2.24, 2.45) is 0 Å². The highest BCUT2D eigenvalue weighted by molar-refractivity contribution is 8.10. The summed E-state index contributed by atoms with van der Waals surface area (Å²) in [5.41, 5.74) is 0. The number of morpholine rings is 1. The molecule has 0 amide bonds. The Morgan fingerprint density at radius 3 is 2.29 bits per heavy atom. The molecular weight excluding hydrogens is 508 g/mol. The van der Waals surface area contributed by atoms with E-state index < -0.39 is 68.3 Å². The van der Waals surface area contributed by atoms with Gasteiger partial charge in [0, 0.05) is 32.7 Å². The molecule has 0 aromatic rings. The van der Waals surface area contributed by atoms with Crippen LogP contribution < -0.4 is 0 Å².